The van der Waals surface area contributed by atoms with Crippen LogP contribution >= 0.6 is 0 Å². The van der Waals surface area contributed by atoms with Crippen LogP contribution in [0.5, 0.6) is 5.88 Å². The van der Waals surface area contributed by atoms with Gasteiger partial charge in [-0.15, -0.1) is 0 Å². The molecule has 0 bridgehead atoms. The number of aromatic nitrogens is 3. The quantitative estimate of drug-likeness (QED) is 0.417. The second-order valence-electron chi connectivity index (χ2n) is 8.10. The third-order valence-electron chi connectivity index (χ3n) is 5.78. The Bertz CT molecular complexity index is 1050. The van der Waals surface area contributed by atoms with Gasteiger partial charge in [-0.3, -0.25) is 4.90 Å². The fraction of sp³-hybridized carbons (Fsp3) is 0.360. The van der Waals surface area contributed by atoms with Crippen molar-refractivity contribution >= 4 is 6.29 Å². The average molecular weight is 465 g/mol. The summed E-state index contributed by atoms with van der Waals surface area (Å²) < 4.78 is 20.4. The van der Waals surface area contributed by atoms with E-state index in [2.05, 4.69) is 30.5 Å². The molecule has 1 unspecified atom stereocenters. The molecule has 1 aliphatic rings. The first-order valence-electron chi connectivity index (χ1n) is 11.5. The third kappa shape index (κ3) is 6.63. The molecule has 1 aromatic carbocycles. The van der Waals surface area contributed by atoms with Crippen molar-refractivity contribution in [2.24, 2.45) is 0 Å². The van der Waals surface area contributed by atoms with Gasteiger partial charge in [0.1, 0.15) is 24.5 Å². The molecule has 1 atom stereocenters. The summed E-state index contributed by atoms with van der Waals surface area (Å²) in [6.45, 7) is 6.13. The van der Waals surface area contributed by atoms with Crippen molar-refractivity contribution in [3.05, 3.63) is 72.2 Å². The highest BCUT2D eigenvalue weighted by Crippen LogP contribution is 2.26. The molecule has 0 amide bonds. The van der Waals surface area contributed by atoms with E-state index in [1.165, 1.54) is 12.3 Å². The molecule has 3 aromatic rings. The fourth-order valence-corrected chi connectivity index (χ4v) is 3.83. The largest absolute Gasteiger partial charge is 0.476 e. The molecular weight excluding hydrogens is 435 g/mol. The summed E-state index contributed by atoms with van der Waals surface area (Å²) in [6, 6.07) is 10.4. The SMILES string of the molecule is O=CC(CNCc1ncccn1)c1ccc(-c2cnc(OCCN3CCNCC3)cc2F)cc1. The van der Waals surface area contributed by atoms with Gasteiger partial charge in [-0.1, -0.05) is 24.3 Å². The van der Waals surface area contributed by atoms with Crippen LogP contribution in [0.2, 0.25) is 0 Å². The van der Waals surface area contributed by atoms with E-state index in [0.717, 1.165) is 44.6 Å². The number of carbonyl (C=O) groups is 1. The van der Waals surface area contributed by atoms with E-state index >= 15 is 0 Å². The average Bonchev–Trinajstić information content (AvgIpc) is 2.88. The van der Waals surface area contributed by atoms with E-state index in [4.69, 9.17) is 4.74 Å². The Morgan fingerprint density at radius 3 is 2.62 bits per heavy atom. The molecule has 1 fully saturated rings. The second kappa shape index (κ2) is 12.3. The van der Waals surface area contributed by atoms with E-state index in [9.17, 15) is 9.18 Å². The highest BCUT2D eigenvalue weighted by Gasteiger charge is 2.14. The van der Waals surface area contributed by atoms with Gasteiger partial charge in [0.25, 0.3) is 0 Å². The van der Waals surface area contributed by atoms with Crippen LogP contribution in [0.3, 0.4) is 0 Å². The van der Waals surface area contributed by atoms with Gasteiger partial charge in [-0.2, -0.15) is 0 Å². The van der Waals surface area contributed by atoms with Crippen molar-refractivity contribution in [3.8, 4) is 17.0 Å². The topological polar surface area (TPSA) is 92.3 Å². The minimum absolute atomic E-state index is 0.280. The molecule has 9 heteroatoms. The first-order chi connectivity index (χ1) is 16.7. The molecule has 8 nitrogen and oxygen atoms in total. The number of benzene rings is 1. The van der Waals surface area contributed by atoms with Gasteiger partial charge in [0.05, 0.1) is 12.5 Å². The Balaban J connectivity index is 1.31. The number of ether oxygens (including phenoxy) is 1. The number of piperazine rings is 1. The Hall–Kier alpha value is -3.27. The molecule has 0 saturated carbocycles. The monoisotopic (exact) mass is 464 g/mol. The van der Waals surface area contributed by atoms with Crippen LogP contribution in [0.1, 0.15) is 17.3 Å². The van der Waals surface area contributed by atoms with Gasteiger partial charge >= 0.3 is 0 Å². The Kier molecular flexibility index (Phi) is 8.61. The molecule has 1 saturated heterocycles. The zero-order valence-corrected chi connectivity index (χ0v) is 19.0. The normalized spacial score (nSPS) is 15.1. The number of nitrogens with one attached hydrogen (secondary N) is 2. The lowest BCUT2D eigenvalue weighted by atomic mass is 9.97. The first kappa shape index (κ1) is 23.9. The van der Waals surface area contributed by atoms with Crippen LogP contribution in [-0.4, -0.2) is 72.0 Å². The number of halogens is 1. The maximum absolute atomic E-state index is 14.8. The molecule has 2 aromatic heterocycles. The molecule has 3 heterocycles. The summed E-state index contributed by atoms with van der Waals surface area (Å²) in [4.78, 5) is 26.5. The van der Waals surface area contributed by atoms with Gasteiger partial charge in [0, 0.05) is 69.5 Å². The van der Waals surface area contributed by atoms with Gasteiger partial charge in [0.15, 0.2) is 0 Å². The zero-order chi connectivity index (χ0) is 23.6. The number of carbonyl (C=O) groups excluding carboxylic acids is 1. The predicted molar refractivity (Wildman–Crippen MR) is 127 cm³/mol. The van der Waals surface area contributed by atoms with Crippen LogP contribution in [-0.2, 0) is 11.3 Å². The Labute approximate surface area is 198 Å². The van der Waals surface area contributed by atoms with Crippen molar-refractivity contribution in [2.75, 3.05) is 45.9 Å². The van der Waals surface area contributed by atoms with Crippen LogP contribution in [0, 0.1) is 5.82 Å². The van der Waals surface area contributed by atoms with Gasteiger partial charge in [0.2, 0.25) is 5.88 Å². The van der Waals surface area contributed by atoms with Crippen LogP contribution in [0.25, 0.3) is 11.1 Å². The lowest BCUT2D eigenvalue weighted by Gasteiger charge is -2.26. The summed E-state index contributed by atoms with van der Waals surface area (Å²) >= 11 is 0. The van der Waals surface area contributed by atoms with E-state index in [0.29, 0.717) is 36.6 Å². The maximum atomic E-state index is 14.8. The van der Waals surface area contributed by atoms with E-state index in [1.54, 1.807) is 30.6 Å². The second-order valence-corrected chi connectivity index (χ2v) is 8.10. The van der Waals surface area contributed by atoms with Gasteiger partial charge in [-0.05, 0) is 17.2 Å². The minimum Gasteiger partial charge on any atom is -0.476 e. The zero-order valence-electron chi connectivity index (χ0n) is 19.0. The Morgan fingerprint density at radius 1 is 1.15 bits per heavy atom. The summed E-state index contributed by atoms with van der Waals surface area (Å²) in [6.07, 6.45) is 5.76. The predicted octanol–water partition coefficient (Wildman–Crippen LogP) is 2.03. The van der Waals surface area contributed by atoms with Gasteiger partial charge < -0.3 is 20.2 Å². The number of aldehydes is 1. The standard InChI is InChI=1S/C25H29FN6O2/c26-23-14-25(34-13-12-32-10-8-27-9-11-32)31-16-22(23)20-4-2-19(3-5-20)21(18-33)15-28-17-24-29-6-1-7-30-24/h1-7,14,16,18,21,27-28H,8-13,15,17H2. The summed E-state index contributed by atoms with van der Waals surface area (Å²) in [7, 11) is 0. The third-order valence-corrected chi connectivity index (χ3v) is 5.78. The highest BCUT2D eigenvalue weighted by molar-refractivity contribution is 5.67. The van der Waals surface area contributed by atoms with E-state index in [-0.39, 0.29) is 11.8 Å². The molecule has 4 rings (SSSR count). The van der Waals surface area contributed by atoms with Crippen molar-refractivity contribution in [2.45, 2.75) is 12.5 Å². The molecular formula is C25H29FN6O2. The molecule has 34 heavy (non-hydrogen) atoms. The number of nitrogens with zero attached hydrogens (tertiary/aromatic N) is 4. The smallest absolute Gasteiger partial charge is 0.216 e. The number of rotatable bonds is 11. The van der Waals surface area contributed by atoms with Crippen molar-refractivity contribution in [1.82, 2.24) is 30.5 Å². The van der Waals surface area contributed by atoms with Crippen molar-refractivity contribution < 1.29 is 13.9 Å². The van der Waals surface area contributed by atoms with Crippen LogP contribution in [0.4, 0.5) is 4.39 Å². The minimum atomic E-state index is -0.392. The van der Waals surface area contributed by atoms with E-state index in [1.807, 2.05) is 12.1 Å². The fourth-order valence-electron chi connectivity index (χ4n) is 3.83. The molecule has 178 valence electrons. The van der Waals surface area contributed by atoms with Crippen molar-refractivity contribution in [1.29, 1.82) is 0 Å². The Morgan fingerprint density at radius 2 is 1.91 bits per heavy atom. The lowest BCUT2D eigenvalue weighted by molar-refractivity contribution is -0.109. The molecule has 0 spiro atoms. The van der Waals surface area contributed by atoms with E-state index < -0.39 is 5.82 Å². The highest BCUT2D eigenvalue weighted by atomic mass is 19.1. The lowest BCUT2D eigenvalue weighted by Crippen LogP contribution is -2.44. The van der Waals surface area contributed by atoms with Crippen LogP contribution < -0.4 is 15.4 Å². The number of pyridine rings is 1. The summed E-state index contributed by atoms with van der Waals surface area (Å²) in [5.74, 6) is 0.229. The maximum Gasteiger partial charge on any atom is 0.216 e. The van der Waals surface area contributed by atoms with Crippen molar-refractivity contribution in [3.63, 3.8) is 0 Å². The number of hydrogen-bond acceptors (Lipinski definition) is 8. The molecule has 1 aliphatic heterocycles. The summed E-state index contributed by atoms with van der Waals surface area (Å²) in [5.41, 5.74) is 1.93. The molecule has 0 radical (unpaired) electrons. The molecule has 0 aliphatic carbocycles. The first-order valence-corrected chi connectivity index (χ1v) is 11.5. The van der Waals surface area contributed by atoms with Crippen LogP contribution in [0.15, 0.2) is 55.0 Å². The molecule has 2 N–H and O–H groups in total. The summed E-state index contributed by atoms with van der Waals surface area (Å²) in [5, 5.41) is 6.51. The van der Waals surface area contributed by atoms with Gasteiger partial charge in [-0.25, -0.2) is 19.3 Å². The number of hydrogen-bond donors (Lipinski definition) is 2.